The summed E-state index contributed by atoms with van der Waals surface area (Å²) in [6.07, 6.45) is 0.571. The average Bonchev–Trinajstić information content (AvgIpc) is 2.83. The minimum Gasteiger partial charge on any atom is -0.456 e. The number of anilines is 1. The molecule has 0 aliphatic rings. The van der Waals surface area contributed by atoms with Crippen molar-refractivity contribution in [2.24, 2.45) is 0 Å². The van der Waals surface area contributed by atoms with Gasteiger partial charge in [-0.05, 0) is 46.6 Å². The highest BCUT2D eigenvalue weighted by atomic mass is 16.5. The largest absolute Gasteiger partial charge is 0.456 e. The van der Waals surface area contributed by atoms with E-state index in [1.165, 1.54) is 0 Å². The second-order valence-electron chi connectivity index (χ2n) is 6.90. The van der Waals surface area contributed by atoms with E-state index >= 15 is 0 Å². The van der Waals surface area contributed by atoms with E-state index in [0.717, 1.165) is 17.0 Å². The molecule has 0 saturated heterocycles. The molecule has 3 N–H and O–H groups in total. The van der Waals surface area contributed by atoms with Crippen LogP contribution < -0.4 is 11.1 Å². The maximum Gasteiger partial charge on any atom is 0.306 e. The second-order valence-corrected chi connectivity index (χ2v) is 6.90. The van der Waals surface area contributed by atoms with Crippen LogP contribution in [0, 0.1) is 13.8 Å². The Kier molecular flexibility index (Phi) is 5.24. The minimum absolute atomic E-state index is 0.141. The Morgan fingerprint density at radius 3 is 2.56 bits per heavy atom. The van der Waals surface area contributed by atoms with Crippen molar-refractivity contribution in [1.29, 1.82) is 0 Å². The number of carbonyl (C=O) groups is 2. The van der Waals surface area contributed by atoms with Crippen LogP contribution in [0.4, 0.5) is 5.95 Å². The molecule has 25 heavy (non-hydrogen) atoms. The number of nitrogens with zero attached hydrogens (tertiary/aromatic N) is 4. The third-order valence-corrected chi connectivity index (χ3v) is 3.52. The Labute approximate surface area is 146 Å². The summed E-state index contributed by atoms with van der Waals surface area (Å²) in [5.74, 6) is -0.190. The molecule has 0 radical (unpaired) electrons. The first-order valence-corrected chi connectivity index (χ1v) is 8.02. The van der Waals surface area contributed by atoms with E-state index in [1.54, 1.807) is 4.52 Å². The molecular weight excluding hydrogens is 324 g/mol. The van der Waals surface area contributed by atoms with Gasteiger partial charge in [-0.15, -0.1) is 5.10 Å². The number of carbonyl (C=O) groups excluding carboxylic acids is 2. The number of ether oxygens (including phenoxy) is 1. The van der Waals surface area contributed by atoms with Crippen LogP contribution in [0.25, 0.3) is 5.78 Å². The minimum atomic E-state index is -0.443. The monoisotopic (exact) mass is 348 g/mol. The number of esters is 1. The fraction of sp³-hybridized carbons (Fsp3) is 0.562. The van der Waals surface area contributed by atoms with Gasteiger partial charge in [-0.1, -0.05) is 0 Å². The Bertz CT molecular complexity index is 806. The van der Waals surface area contributed by atoms with Crippen LogP contribution in [0.3, 0.4) is 0 Å². The van der Waals surface area contributed by atoms with Crippen molar-refractivity contribution in [2.75, 3.05) is 12.3 Å². The number of hydrogen-bond acceptors (Lipinski definition) is 7. The molecule has 9 nitrogen and oxygen atoms in total. The third kappa shape index (κ3) is 4.88. The summed E-state index contributed by atoms with van der Waals surface area (Å²) in [5, 5.41) is 6.82. The number of rotatable bonds is 5. The number of hydrogen-bond donors (Lipinski definition) is 2. The molecule has 2 aromatic rings. The zero-order chi connectivity index (χ0) is 18.8. The molecule has 1 amide bonds. The maximum absolute atomic E-state index is 11.9. The molecule has 2 aromatic heterocycles. The van der Waals surface area contributed by atoms with Crippen molar-refractivity contribution in [3.05, 3.63) is 17.0 Å². The lowest BCUT2D eigenvalue weighted by Gasteiger charge is -2.20. The van der Waals surface area contributed by atoms with E-state index in [1.807, 2.05) is 34.6 Å². The molecular formula is C16H24N6O3. The van der Waals surface area contributed by atoms with Gasteiger partial charge in [0.15, 0.2) is 6.61 Å². The number of fused-ring (bicyclic) bond motifs is 1. The van der Waals surface area contributed by atoms with Crippen molar-refractivity contribution >= 4 is 23.6 Å². The van der Waals surface area contributed by atoms with E-state index in [2.05, 4.69) is 20.4 Å². The van der Waals surface area contributed by atoms with Crippen LogP contribution in [0.5, 0.6) is 0 Å². The van der Waals surface area contributed by atoms with Gasteiger partial charge < -0.3 is 15.8 Å². The van der Waals surface area contributed by atoms with Crippen molar-refractivity contribution in [3.8, 4) is 0 Å². The first-order valence-electron chi connectivity index (χ1n) is 8.02. The fourth-order valence-electron chi connectivity index (χ4n) is 2.49. The van der Waals surface area contributed by atoms with Gasteiger partial charge in [0.1, 0.15) is 0 Å². The van der Waals surface area contributed by atoms with Gasteiger partial charge in [-0.2, -0.15) is 9.50 Å². The van der Waals surface area contributed by atoms with Crippen molar-refractivity contribution < 1.29 is 14.3 Å². The van der Waals surface area contributed by atoms with Crippen molar-refractivity contribution in [2.45, 2.75) is 53.0 Å². The zero-order valence-electron chi connectivity index (χ0n) is 15.2. The third-order valence-electron chi connectivity index (χ3n) is 3.52. The van der Waals surface area contributed by atoms with Crippen LogP contribution >= 0.6 is 0 Å². The summed E-state index contributed by atoms with van der Waals surface area (Å²) < 4.78 is 6.57. The fourth-order valence-corrected chi connectivity index (χ4v) is 2.49. The van der Waals surface area contributed by atoms with E-state index in [0.29, 0.717) is 12.2 Å². The van der Waals surface area contributed by atoms with Gasteiger partial charge in [0.2, 0.25) is 5.95 Å². The number of aryl methyl sites for hydroxylation is 2. The highest BCUT2D eigenvalue weighted by Gasteiger charge is 2.17. The molecule has 0 bridgehead atoms. The molecule has 136 valence electrons. The highest BCUT2D eigenvalue weighted by molar-refractivity contribution is 5.81. The van der Waals surface area contributed by atoms with Gasteiger partial charge in [0.05, 0.1) is 0 Å². The molecule has 0 aromatic carbocycles. The summed E-state index contributed by atoms with van der Waals surface area (Å²) in [6, 6.07) is 0. The molecule has 0 unspecified atom stereocenters. The van der Waals surface area contributed by atoms with Gasteiger partial charge in [0.25, 0.3) is 11.7 Å². The smallest absolute Gasteiger partial charge is 0.306 e. The number of aromatic nitrogens is 4. The normalized spacial score (nSPS) is 11.6. The Hall–Kier alpha value is -2.71. The molecule has 0 fully saturated rings. The molecule has 2 heterocycles. The molecule has 9 heteroatoms. The van der Waals surface area contributed by atoms with Crippen molar-refractivity contribution in [3.63, 3.8) is 0 Å². The standard InChI is InChI=1S/C16H24N6O3/c1-9-11(10(2)22-15(18-9)19-14(17)21-22)6-7-13(24)25-8-12(23)20-16(3,4)5/h6-8H2,1-5H3,(H2,17,21)(H,20,23). The number of nitrogens with one attached hydrogen (secondary N) is 1. The summed E-state index contributed by atoms with van der Waals surface area (Å²) in [5.41, 5.74) is 7.70. The van der Waals surface area contributed by atoms with Crippen molar-refractivity contribution in [1.82, 2.24) is 24.9 Å². The summed E-state index contributed by atoms with van der Waals surface area (Å²) in [7, 11) is 0. The average molecular weight is 348 g/mol. The van der Waals surface area contributed by atoms with Gasteiger partial charge in [-0.25, -0.2) is 4.98 Å². The Morgan fingerprint density at radius 2 is 1.92 bits per heavy atom. The van der Waals surface area contributed by atoms with Crippen LogP contribution in [-0.2, 0) is 20.7 Å². The van der Waals surface area contributed by atoms with Crippen LogP contribution in [0.15, 0.2) is 0 Å². The van der Waals surface area contributed by atoms with Crippen LogP contribution in [0.2, 0.25) is 0 Å². The molecule has 0 aliphatic heterocycles. The van der Waals surface area contributed by atoms with E-state index in [4.69, 9.17) is 10.5 Å². The van der Waals surface area contributed by atoms with E-state index < -0.39 is 5.97 Å². The lowest BCUT2D eigenvalue weighted by molar-refractivity contribution is -0.148. The first-order chi connectivity index (χ1) is 11.6. The molecule has 0 atom stereocenters. The number of nitrogens with two attached hydrogens (primary N) is 1. The molecule has 0 saturated carbocycles. The Balaban J connectivity index is 1.96. The first kappa shape index (κ1) is 18.6. The maximum atomic E-state index is 11.9. The quantitative estimate of drug-likeness (QED) is 0.763. The lowest BCUT2D eigenvalue weighted by Crippen LogP contribution is -2.42. The highest BCUT2D eigenvalue weighted by Crippen LogP contribution is 2.16. The molecule has 0 spiro atoms. The van der Waals surface area contributed by atoms with Gasteiger partial charge in [0, 0.05) is 23.3 Å². The SMILES string of the molecule is Cc1nc2nc(N)nn2c(C)c1CCC(=O)OCC(=O)NC(C)(C)C. The van der Waals surface area contributed by atoms with Gasteiger partial charge >= 0.3 is 5.97 Å². The summed E-state index contributed by atoms with van der Waals surface area (Å²) >= 11 is 0. The van der Waals surface area contributed by atoms with Crippen LogP contribution in [0.1, 0.15) is 44.1 Å². The van der Waals surface area contributed by atoms with E-state index in [9.17, 15) is 9.59 Å². The summed E-state index contributed by atoms with van der Waals surface area (Å²) in [4.78, 5) is 31.9. The van der Waals surface area contributed by atoms with Gasteiger partial charge in [-0.3, -0.25) is 9.59 Å². The number of amides is 1. The Morgan fingerprint density at radius 1 is 1.24 bits per heavy atom. The lowest BCUT2D eigenvalue weighted by atomic mass is 10.1. The summed E-state index contributed by atoms with van der Waals surface area (Å²) in [6.45, 7) is 9.00. The second kappa shape index (κ2) is 7.04. The number of nitrogen functional groups attached to an aromatic ring is 1. The van der Waals surface area contributed by atoms with Crippen LogP contribution in [-0.4, -0.2) is 43.6 Å². The predicted octanol–water partition coefficient (Wildman–Crippen LogP) is 0.714. The zero-order valence-corrected chi connectivity index (χ0v) is 15.2. The topological polar surface area (TPSA) is 124 Å². The molecule has 2 rings (SSSR count). The predicted molar refractivity (Wildman–Crippen MR) is 91.8 cm³/mol. The molecule has 0 aliphatic carbocycles. The van der Waals surface area contributed by atoms with E-state index in [-0.39, 0.29) is 30.4 Å².